The standard InChI is InChI=1S/C19H21FN2O3S/c1-14(22(26(2,24)25)18-12-6-4-10-16(18)20)19(23)21-13-7-9-15-8-3-5-11-17(15)21/h3-6,8,10-12,14H,7,9,13H2,1-2H3/t14-/m1/s1. The third-order valence-corrected chi connectivity index (χ3v) is 5.76. The molecule has 1 heterocycles. The Kier molecular flexibility index (Phi) is 5.00. The van der Waals surface area contributed by atoms with Crippen LogP contribution in [0.15, 0.2) is 48.5 Å². The minimum Gasteiger partial charge on any atom is -0.310 e. The number of carbonyl (C=O) groups is 1. The van der Waals surface area contributed by atoms with Gasteiger partial charge in [0.05, 0.1) is 11.9 Å². The number of halogens is 1. The van der Waals surface area contributed by atoms with Crippen molar-refractivity contribution in [1.82, 2.24) is 0 Å². The van der Waals surface area contributed by atoms with Gasteiger partial charge in [0, 0.05) is 12.2 Å². The first-order valence-corrected chi connectivity index (χ1v) is 10.3. The summed E-state index contributed by atoms with van der Waals surface area (Å²) < 4.78 is 39.8. The van der Waals surface area contributed by atoms with E-state index in [-0.39, 0.29) is 11.6 Å². The van der Waals surface area contributed by atoms with Crippen LogP contribution < -0.4 is 9.21 Å². The fourth-order valence-electron chi connectivity index (χ4n) is 3.39. The van der Waals surface area contributed by atoms with Crippen LogP contribution in [0.5, 0.6) is 0 Å². The number of sulfonamides is 1. The van der Waals surface area contributed by atoms with Gasteiger partial charge in [-0.25, -0.2) is 12.8 Å². The lowest BCUT2D eigenvalue weighted by molar-refractivity contribution is -0.119. The number of hydrogen-bond donors (Lipinski definition) is 0. The molecule has 0 N–H and O–H groups in total. The van der Waals surface area contributed by atoms with E-state index in [1.54, 1.807) is 11.0 Å². The van der Waals surface area contributed by atoms with Crippen molar-refractivity contribution in [2.24, 2.45) is 0 Å². The van der Waals surface area contributed by atoms with Crippen LogP contribution in [0.4, 0.5) is 15.8 Å². The summed E-state index contributed by atoms with van der Waals surface area (Å²) in [5.74, 6) is -1.05. The molecule has 0 saturated heterocycles. The van der Waals surface area contributed by atoms with Gasteiger partial charge in [-0.15, -0.1) is 0 Å². The molecule has 0 saturated carbocycles. The van der Waals surface area contributed by atoms with Gasteiger partial charge in [0.25, 0.3) is 5.91 Å². The fraction of sp³-hybridized carbons (Fsp3) is 0.316. The number of nitrogens with zero attached hydrogens (tertiary/aromatic N) is 2. The molecule has 0 unspecified atom stereocenters. The van der Waals surface area contributed by atoms with Gasteiger partial charge in [-0.05, 0) is 43.5 Å². The molecule has 7 heteroatoms. The number of anilines is 2. The predicted molar refractivity (Wildman–Crippen MR) is 100 cm³/mol. The number of para-hydroxylation sites is 2. The molecule has 0 aliphatic carbocycles. The van der Waals surface area contributed by atoms with Gasteiger partial charge in [0.15, 0.2) is 0 Å². The number of hydrogen-bond acceptors (Lipinski definition) is 3. The van der Waals surface area contributed by atoms with Gasteiger partial charge in [0.1, 0.15) is 11.9 Å². The Morgan fingerprint density at radius 2 is 1.81 bits per heavy atom. The van der Waals surface area contributed by atoms with Gasteiger partial charge >= 0.3 is 0 Å². The summed E-state index contributed by atoms with van der Waals surface area (Å²) in [7, 11) is -3.85. The molecule has 2 aromatic carbocycles. The SMILES string of the molecule is C[C@H](C(=O)N1CCCc2ccccc21)N(c1ccccc1F)S(C)(=O)=O. The van der Waals surface area contributed by atoms with Crippen molar-refractivity contribution in [1.29, 1.82) is 0 Å². The van der Waals surface area contributed by atoms with Crippen molar-refractivity contribution in [2.45, 2.75) is 25.8 Å². The molecule has 5 nitrogen and oxygen atoms in total. The fourth-order valence-corrected chi connectivity index (χ4v) is 4.56. The maximum atomic E-state index is 14.2. The van der Waals surface area contributed by atoms with Crippen molar-refractivity contribution in [3.8, 4) is 0 Å². The summed E-state index contributed by atoms with van der Waals surface area (Å²) >= 11 is 0. The Labute approximate surface area is 153 Å². The lowest BCUT2D eigenvalue weighted by Crippen LogP contribution is -2.51. The van der Waals surface area contributed by atoms with Crippen LogP contribution in [-0.4, -0.2) is 33.2 Å². The van der Waals surface area contributed by atoms with Crippen LogP contribution in [0, 0.1) is 5.82 Å². The number of rotatable bonds is 4. The van der Waals surface area contributed by atoms with Gasteiger partial charge in [-0.2, -0.15) is 0 Å². The lowest BCUT2D eigenvalue weighted by atomic mass is 10.0. The first-order chi connectivity index (χ1) is 12.3. The van der Waals surface area contributed by atoms with E-state index < -0.39 is 21.9 Å². The van der Waals surface area contributed by atoms with Gasteiger partial charge in [0.2, 0.25) is 10.0 Å². The van der Waals surface area contributed by atoms with Crippen LogP contribution in [0.1, 0.15) is 18.9 Å². The Hall–Kier alpha value is -2.41. The van der Waals surface area contributed by atoms with Crippen molar-refractivity contribution < 1.29 is 17.6 Å². The van der Waals surface area contributed by atoms with Gasteiger partial charge in [-0.3, -0.25) is 9.10 Å². The molecule has 1 amide bonds. The van der Waals surface area contributed by atoms with Gasteiger partial charge in [-0.1, -0.05) is 30.3 Å². The molecule has 0 bridgehead atoms. The first kappa shape index (κ1) is 18.4. The van der Waals surface area contributed by atoms with Crippen LogP contribution in [0.2, 0.25) is 0 Å². The van der Waals surface area contributed by atoms with E-state index in [2.05, 4.69) is 0 Å². The zero-order valence-corrected chi connectivity index (χ0v) is 15.5. The molecule has 0 aromatic heterocycles. The summed E-state index contributed by atoms with van der Waals surface area (Å²) in [6.07, 6.45) is 2.65. The normalized spacial score (nSPS) is 15.3. The predicted octanol–water partition coefficient (Wildman–Crippen LogP) is 2.96. The molecule has 1 atom stereocenters. The minimum atomic E-state index is -3.85. The van der Waals surface area contributed by atoms with E-state index in [1.807, 2.05) is 24.3 Å². The third-order valence-electron chi connectivity index (χ3n) is 4.53. The minimum absolute atomic E-state index is 0.124. The summed E-state index contributed by atoms with van der Waals surface area (Å²) in [5, 5.41) is 0. The number of amides is 1. The topological polar surface area (TPSA) is 57.7 Å². The van der Waals surface area contributed by atoms with E-state index in [1.165, 1.54) is 25.1 Å². The van der Waals surface area contributed by atoms with Crippen molar-refractivity contribution >= 4 is 27.3 Å². The monoisotopic (exact) mass is 376 g/mol. The van der Waals surface area contributed by atoms with Gasteiger partial charge < -0.3 is 4.90 Å². The number of fused-ring (bicyclic) bond motifs is 1. The van der Waals surface area contributed by atoms with Crippen LogP contribution in [0.3, 0.4) is 0 Å². The van der Waals surface area contributed by atoms with Crippen LogP contribution in [-0.2, 0) is 21.2 Å². The maximum absolute atomic E-state index is 14.2. The Morgan fingerprint density at radius 1 is 1.15 bits per heavy atom. The average molecular weight is 376 g/mol. The van der Waals surface area contributed by atoms with E-state index in [0.717, 1.165) is 34.7 Å². The van der Waals surface area contributed by atoms with E-state index in [0.29, 0.717) is 6.54 Å². The number of carbonyl (C=O) groups excluding carboxylic acids is 1. The molecular weight excluding hydrogens is 355 g/mol. The van der Waals surface area contributed by atoms with Crippen molar-refractivity contribution in [2.75, 3.05) is 22.0 Å². The highest BCUT2D eigenvalue weighted by Gasteiger charge is 2.35. The summed E-state index contributed by atoms with van der Waals surface area (Å²) in [5.41, 5.74) is 1.72. The zero-order valence-electron chi connectivity index (χ0n) is 14.7. The second kappa shape index (κ2) is 7.07. The molecule has 1 aliphatic heterocycles. The van der Waals surface area contributed by atoms with Crippen molar-refractivity contribution in [3.05, 3.63) is 59.9 Å². The zero-order chi connectivity index (χ0) is 18.9. The molecule has 0 radical (unpaired) electrons. The highest BCUT2D eigenvalue weighted by Crippen LogP contribution is 2.30. The molecule has 0 fully saturated rings. The van der Waals surface area contributed by atoms with E-state index >= 15 is 0 Å². The van der Waals surface area contributed by atoms with Crippen LogP contribution in [0.25, 0.3) is 0 Å². The number of aryl methyl sites for hydroxylation is 1. The molecule has 3 rings (SSSR count). The second-order valence-corrected chi connectivity index (χ2v) is 8.27. The molecular formula is C19H21FN2O3S. The van der Waals surface area contributed by atoms with E-state index in [9.17, 15) is 17.6 Å². The second-order valence-electron chi connectivity index (χ2n) is 6.41. The van der Waals surface area contributed by atoms with E-state index in [4.69, 9.17) is 0 Å². The lowest BCUT2D eigenvalue weighted by Gasteiger charge is -2.35. The van der Waals surface area contributed by atoms with Crippen LogP contribution >= 0.6 is 0 Å². The Balaban J connectivity index is 2.00. The molecule has 1 aliphatic rings. The Bertz CT molecular complexity index is 930. The molecule has 2 aromatic rings. The maximum Gasteiger partial charge on any atom is 0.250 e. The summed E-state index contributed by atoms with van der Waals surface area (Å²) in [4.78, 5) is 14.7. The molecule has 26 heavy (non-hydrogen) atoms. The highest BCUT2D eigenvalue weighted by atomic mass is 32.2. The number of benzene rings is 2. The molecule has 0 spiro atoms. The quantitative estimate of drug-likeness (QED) is 0.824. The summed E-state index contributed by atoms with van der Waals surface area (Å²) in [6, 6.07) is 12.1. The first-order valence-electron chi connectivity index (χ1n) is 8.44. The molecule has 138 valence electrons. The van der Waals surface area contributed by atoms with Crippen molar-refractivity contribution in [3.63, 3.8) is 0 Å². The highest BCUT2D eigenvalue weighted by molar-refractivity contribution is 7.92. The third kappa shape index (κ3) is 3.44. The summed E-state index contributed by atoms with van der Waals surface area (Å²) in [6.45, 7) is 2.00. The largest absolute Gasteiger partial charge is 0.310 e. The average Bonchev–Trinajstić information content (AvgIpc) is 2.61. The smallest absolute Gasteiger partial charge is 0.250 e. The Morgan fingerprint density at radius 3 is 2.50 bits per heavy atom.